The highest BCUT2D eigenvalue weighted by Crippen LogP contribution is 2.31. The fourth-order valence-electron chi connectivity index (χ4n) is 4.85. The van der Waals surface area contributed by atoms with Crippen LogP contribution in [0.25, 0.3) is 5.57 Å². The van der Waals surface area contributed by atoms with Crippen molar-refractivity contribution in [3.8, 4) is 0 Å². The first-order valence-corrected chi connectivity index (χ1v) is 11.7. The van der Waals surface area contributed by atoms with Crippen LogP contribution in [0, 0.1) is 0 Å². The largest absolute Gasteiger partial charge is 0.387 e. The van der Waals surface area contributed by atoms with Gasteiger partial charge in [-0.05, 0) is 36.0 Å². The Morgan fingerprint density at radius 2 is 2.03 bits per heavy atom. The molecule has 32 heavy (non-hydrogen) atoms. The Hall–Kier alpha value is -2.67. The third kappa shape index (κ3) is 4.58. The number of rotatable bonds is 5. The molecular weight excluding hydrogens is 398 g/mol. The molecule has 0 amide bonds. The first-order chi connectivity index (χ1) is 15.8. The molecule has 1 fully saturated rings. The molecule has 5 rings (SSSR count). The molecule has 1 aromatic carbocycles. The maximum absolute atomic E-state index is 5.45. The van der Waals surface area contributed by atoms with Crippen LogP contribution in [-0.2, 0) is 4.74 Å². The third-order valence-corrected chi connectivity index (χ3v) is 6.60. The lowest BCUT2D eigenvalue weighted by Gasteiger charge is -2.40. The molecule has 1 aliphatic carbocycles. The van der Waals surface area contributed by atoms with E-state index in [1.165, 1.54) is 34.4 Å². The van der Waals surface area contributed by atoms with E-state index in [1.807, 2.05) is 0 Å². The molecule has 1 saturated heterocycles. The average molecular weight is 432 g/mol. The lowest BCUT2D eigenvalue weighted by atomic mass is 9.85. The highest BCUT2D eigenvalue weighted by atomic mass is 16.5. The summed E-state index contributed by atoms with van der Waals surface area (Å²) in [4.78, 5) is 5.11. The van der Waals surface area contributed by atoms with Gasteiger partial charge < -0.3 is 15.4 Å². The summed E-state index contributed by atoms with van der Waals surface area (Å²) in [5, 5.41) is 14.6. The zero-order valence-electron chi connectivity index (χ0n) is 18.7. The fraction of sp³-hybridized carbons (Fsp3) is 0.423. The summed E-state index contributed by atoms with van der Waals surface area (Å²) in [5.74, 6) is 1.00. The number of nitrogens with one attached hydrogen (secondary N) is 4. The molecule has 4 aliphatic rings. The van der Waals surface area contributed by atoms with E-state index in [-0.39, 0.29) is 18.4 Å². The Bertz CT molecular complexity index is 975. The highest BCUT2D eigenvalue weighted by Gasteiger charge is 2.34. The third-order valence-electron chi connectivity index (χ3n) is 6.60. The van der Waals surface area contributed by atoms with Crippen LogP contribution in [-0.4, -0.2) is 51.0 Å². The Morgan fingerprint density at radius 3 is 2.78 bits per heavy atom. The van der Waals surface area contributed by atoms with Gasteiger partial charge in [-0.15, -0.1) is 0 Å². The molecular formula is C26H33N5O. The van der Waals surface area contributed by atoms with Crippen molar-refractivity contribution in [2.24, 2.45) is 4.99 Å². The molecule has 0 bridgehead atoms. The minimum absolute atomic E-state index is 0.0598. The van der Waals surface area contributed by atoms with E-state index in [9.17, 15) is 0 Å². The predicted octanol–water partition coefficient (Wildman–Crippen LogP) is 2.85. The first-order valence-electron chi connectivity index (χ1n) is 11.7. The predicted molar refractivity (Wildman–Crippen MR) is 130 cm³/mol. The Balaban J connectivity index is 1.48. The number of hydrogen-bond donors (Lipinski definition) is 4. The van der Waals surface area contributed by atoms with Crippen molar-refractivity contribution in [3.63, 3.8) is 0 Å². The van der Waals surface area contributed by atoms with Gasteiger partial charge in [0.15, 0.2) is 0 Å². The molecule has 4 N–H and O–H groups in total. The van der Waals surface area contributed by atoms with Crippen molar-refractivity contribution < 1.29 is 4.74 Å². The molecule has 3 heterocycles. The zero-order chi connectivity index (χ0) is 21.8. The van der Waals surface area contributed by atoms with E-state index >= 15 is 0 Å². The van der Waals surface area contributed by atoms with Crippen LogP contribution in [0.4, 0.5) is 0 Å². The van der Waals surface area contributed by atoms with Crippen LogP contribution in [0.2, 0.25) is 0 Å². The van der Waals surface area contributed by atoms with Crippen molar-refractivity contribution >= 4 is 11.4 Å². The lowest BCUT2D eigenvalue weighted by molar-refractivity contribution is 0.0740. The molecule has 0 radical (unpaired) electrons. The molecule has 0 spiro atoms. The summed E-state index contributed by atoms with van der Waals surface area (Å²) >= 11 is 0. The molecule has 168 valence electrons. The van der Waals surface area contributed by atoms with Crippen molar-refractivity contribution in [2.75, 3.05) is 26.7 Å². The maximum atomic E-state index is 5.45. The van der Waals surface area contributed by atoms with Gasteiger partial charge in [0, 0.05) is 43.9 Å². The van der Waals surface area contributed by atoms with Crippen LogP contribution in [0.5, 0.6) is 0 Å². The van der Waals surface area contributed by atoms with Crippen molar-refractivity contribution in [2.45, 2.75) is 44.1 Å². The second-order valence-corrected chi connectivity index (χ2v) is 8.71. The molecule has 0 saturated carbocycles. The summed E-state index contributed by atoms with van der Waals surface area (Å²) < 4.78 is 5.45. The standard InChI is InChI=1S/C26H33N5O/c1-32-23-14-13-19(16-28-23)25-30-22-12-7-11-21(18-8-3-2-4-9-18)24(22)26(31-25)29-17-20-10-5-6-15-27-20/h2-4,7-11,13,22-23,25,27-28,30H,5-6,12,14-17H2,1H3,(H,29,31). The van der Waals surface area contributed by atoms with Gasteiger partial charge >= 0.3 is 0 Å². The molecule has 3 atom stereocenters. The van der Waals surface area contributed by atoms with Crippen LogP contribution >= 0.6 is 0 Å². The number of methoxy groups -OCH3 is 1. The van der Waals surface area contributed by atoms with Crippen molar-refractivity contribution in [1.82, 2.24) is 21.3 Å². The topological polar surface area (TPSA) is 69.7 Å². The van der Waals surface area contributed by atoms with Gasteiger partial charge in [-0.25, -0.2) is 0 Å². The van der Waals surface area contributed by atoms with Crippen LogP contribution in [0.15, 0.2) is 76.5 Å². The minimum Gasteiger partial charge on any atom is -0.387 e. The van der Waals surface area contributed by atoms with Gasteiger partial charge in [0.05, 0.1) is 6.54 Å². The Morgan fingerprint density at radius 1 is 1.12 bits per heavy atom. The summed E-state index contributed by atoms with van der Waals surface area (Å²) in [6.45, 7) is 2.52. The van der Waals surface area contributed by atoms with Gasteiger partial charge in [0.1, 0.15) is 18.2 Å². The molecule has 6 nitrogen and oxygen atoms in total. The summed E-state index contributed by atoms with van der Waals surface area (Å²) in [7, 11) is 1.75. The van der Waals surface area contributed by atoms with E-state index < -0.39 is 0 Å². The molecule has 6 heteroatoms. The zero-order valence-corrected chi connectivity index (χ0v) is 18.7. The molecule has 0 aromatic heterocycles. The number of hydrogen-bond acceptors (Lipinski definition) is 5. The smallest absolute Gasteiger partial charge is 0.128 e. The second kappa shape index (κ2) is 9.86. The molecule has 3 aliphatic heterocycles. The van der Waals surface area contributed by atoms with E-state index in [0.29, 0.717) is 6.54 Å². The van der Waals surface area contributed by atoms with Crippen LogP contribution in [0.1, 0.15) is 31.2 Å². The Labute approximate surface area is 190 Å². The Kier molecular flexibility index (Phi) is 6.53. The van der Waals surface area contributed by atoms with E-state index in [1.54, 1.807) is 7.11 Å². The number of ether oxygens (including phenoxy) is 1. The number of nitrogens with zero attached hydrogens (tertiary/aromatic N) is 1. The van der Waals surface area contributed by atoms with Crippen LogP contribution in [0.3, 0.4) is 0 Å². The van der Waals surface area contributed by atoms with Gasteiger partial charge in [0.2, 0.25) is 0 Å². The normalized spacial score (nSPS) is 29.0. The summed E-state index contributed by atoms with van der Waals surface area (Å²) in [5.41, 5.74) is 6.29. The number of benzene rings is 1. The van der Waals surface area contributed by atoms with Crippen LogP contribution < -0.4 is 21.3 Å². The summed E-state index contributed by atoms with van der Waals surface area (Å²) in [6.07, 6.45) is 13.4. The van der Waals surface area contributed by atoms with Gasteiger partial charge in [-0.3, -0.25) is 15.6 Å². The number of aliphatic imine (C=N–C) groups is 1. The highest BCUT2D eigenvalue weighted by molar-refractivity contribution is 6.09. The number of allylic oxidation sites excluding steroid dienone is 3. The number of fused-ring (bicyclic) bond motifs is 1. The van der Waals surface area contributed by atoms with E-state index in [2.05, 4.69) is 75.9 Å². The van der Waals surface area contributed by atoms with Crippen molar-refractivity contribution in [3.05, 3.63) is 77.0 Å². The first kappa shape index (κ1) is 21.2. The lowest BCUT2D eigenvalue weighted by Crippen LogP contribution is -2.60. The minimum atomic E-state index is 0.0598. The molecule has 3 unspecified atom stereocenters. The average Bonchev–Trinajstić information content (AvgIpc) is 2.88. The van der Waals surface area contributed by atoms with E-state index in [4.69, 9.17) is 9.73 Å². The summed E-state index contributed by atoms with van der Waals surface area (Å²) in [6, 6.07) is 10.9. The monoisotopic (exact) mass is 431 g/mol. The maximum Gasteiger partial charge on any atom is 0.128 e. The SMILES string of the molecule is COC1CC=C(C2NC(=NCC3=CCCCN3)C3=C(c4ccccc4)C=CCC3N2)CN1. The van der Waals surface area contributed by atoms with Gasteiger partial charge in [-0.2, -0.15) is 0 Å². The number of amidine groups is 1. The van der Waals surface area contributed by atoms with Gasteiger partial charge in [-0.1, -0.05) is 54.6 Å². The molecule has 1 aromatic rings. The van der Waals surface area contributed by atoms with Crippen molar-refractivity contribution in [1.29, 1.82) is 0 Å². The van der Waals surface area contributed by atoms with Gasteiger partial charge in [0.25, 0.3) is 0 Å². The quantitative estimate of drug-likeness (QED) is 0.540. The van der Waals surface area contributed by atoms with E-state index in [0.717, 1.165) is 38.2 Å². The second-order valence-electron chi connectivity index (χ2n) is 8.71. The fourth-order valence-corrected chi connectivity index (χ4v) is 4.85.